The summed E-state index contributed by atoms with van der Waals surface area (Å²) in [5.74, 6) is -0.891. The summed E-state index contributed by atoms with van der Waals surface area (Å²) in [5.41, 5.74) is -2.26. The van der Waals surface area contributed by atoms with Gasteiger partial charge in [0.2, 0.25) is 0 Å². The molecule has 8 N–H and O–H groups in total. The zero-order valence-corrected chi connectivity index (χ0v) is 32.6. The molecule has 308 valence electrons. The van der Waals surface area contributed by atoms with E-state index in [4.69, 9.17) is 28.4 Å². The highest BCUT2D eigenvalue weighted by Crippen LogP contribution is 2.70. The van der Waals surface area contributed by atoms with Crippen molar-refractivity contribution in [3.05, 3.63) is 0 Å². The number of ether oxygens (including phenoxy) is 6. The molecule has 4 aliphatic carbocycles. The van der Waals surface area contributed by atoms with Gasteiger partial charge in [-0.3, -0.25) is 0 Å². The highest BCUT2D eigenvalue weighted by atomic mass is 16.8. The first-order chi connectivity index (χ1) is 25.0. The zero-order chi connectivity index (χ0) is 38.8. The van der Waals surface area contributed by atoms with Crippen LogP contribution < -0.4 is 0 Å². The van der Waals surface area contributed by atoms with Gasteiger partial charge in [-0.15, -0.1) is 0 Å². The minimum absolute atomic E-state index is 0.0501. The minimum atomic E-state index is -1.31. The lowest BCUT2D eigenvalue weighted by Crippen LogP contribution is -2.70. The molecule has 14 heteroatoms. The molecule has 0 unspecified atom stereocenters. The smallest absolute Gasteiger partial charge is 0.187 e. The number of aliphatic hydroxyl groups is 8. The molecule has 2 heterocycles. The Bertz CT molecular complexity index is 1230. The van der Waals surface area contributed by atoms with E-state index in [-0.39, 0.29) is 48.2 Å². The zero-order valence-electron chi connectivity index (χ0n) is 32.6. The van der Waals surface area contributed by atoms with Crippen LogP contribution in [0.4, 0.5) is 0 Å². The van der Waals surface area contributed by atoms with Crippen molar-refractivity contribution in [3.8, 4) is 0 Å². The van der Waals surface area contributed by atoms with Crippen LogP contribution in [-0.4, -0.2) is 154 Å². The lowest BCUT2D eigenvalue weighted by atomic mass is 9.41. The fraction of sp³-hybridized carbons (Fsp3) is 1.00. The molecule has 6 aliphatic rings. The summed E-state index contributed by atoms with van der Waals surface area (Å²) in [6.07, 6.45) is -7.34. The van der Waals surface area contributed by atoms with E-state index >= 15 is 0 Å². The van der Waals surface area contributed by atoms with E-state index in [1.165, 1.54) is 14.2 Å². The predicted molar refractivity (Wildman–Crippen MR) is 189 cm³/mol. The quantitative estimate of drug-likeness (QED) is 0.138. The minimum Gasteiger partial charge on any atom is -0.394 e. The van der Waals surface area contributed by atoms with Gasteiger partial charge in [-0.05, 0) is 79.4 Å². The van der Waals surface area contributed by atoms with Crippen molar-refractivity contribution in [1.82, 2.24) is 0 Å². The summed E-state index contributed by atoms with van der Waals surface area (Å²) < 4.78 is 35.4. The molecule has 0 bridgehead atoms. The van der Waals surface area contributed by atoms with Crippen molar-refractivity contribution in [1.29, 1.82) is 0 Å². The molecule has 0 spiro atoms. The van der Waals surface area contributed by atoms with Crippen LogP contribution in [-0.2, 0) is 28.4 Å². The van der Waals surface area contributed by atoms with Crippen LogP contribution in [0.25, 0.3) is 0 Å². The second kappa shape index (κ2) is 16.0. The van der Waals surface area contributed by atoms with Crippen molar-refractivity contribution in [2.45, 2.75) is 171 Å². The average Bonchev–Trinajstić information content (AvgIpc) is 3.55. The van der Waals surface area contributed by atoms with Crippen LogP contribution in [0.3, 0.4) is 0 Å². The maximum absolute atomic E-state index is 12.7. The fourth-order valence-electron chi connectivity index (χ4n) is 12.5. The number of hydrogen-bond donors (Lipinski definition) is 8. The van der Waals surface area contributed by atoms with Crippen LogP contribution in [0, 0.1) is 46.3 Å². The standard InChI is InChI=1S/C39H68O14/c1-18(2)24(51-36-33(30(45)25(16-40)52-36)53-35-32(49-7)31(46)26(48-6)17-50-35)9-8-19(3)20-14-22(42)34-37(20,4)13-11-27-38(5)12-10-21(41)29(44)28(38)23(43)15-39(27,34)47/h18-36,40-47H,8-17H2,1-7H3/t19-,20-,21+,22-,23+,24+,25-,26-,27-,28+,29+,30+,31+,32-,33-,34-,35+,36-,37-,38-,39+/m1/s1. The summed E-state index contributed by atoms with van der Waals surface area (Å²) >= 11 is 0. The summed E-state index contributed by atoms with van der Waals surface area (Å²) in [6.45, 7) is 10.1. The first kappa shape index (κ1) is 42.1. The second-order valence-electron chi connectivity index (χ2n) is 18.3. The highest BCUT2D eigenvalue weighted by Gasteiger charge is 2.71. The highest BCUT2D eigenvalue weighted by molar-refractivity contribution is 5.21. The van der Waals surface area contributed by atoms with Crippen molar-refractivity contribution >= 4 is 0 Å². The molecule has 2 saturated heterocycles. The van der Waals surface area contributed by atoms with E-state index in [0.717, 1.165) is 12.8 Å². The summed E-state index contributed by atoms with van der Waals surface area (Å²) in [7, 11) is 2.89. The molecule has 21 atom stereocenters. The maximum Gasteiger partial charge on any atom is 0.187 e. The molecular weight excluding hydrogens is 692 g/mol. The Kier molecular flexibility index (Phi) is 12.7. The molecule has 6 fully saturated rings. The Hall–Kier alpha value is -0.560. The van der Waals surface area contributed by atoms with Gasteiger partial charge in [0, 0.05) is 32.5 Å². The van der Waals surface area contributed by atoms with Gasteiger partial charge >= 0.3 is 0 Å². The molecule has 53 heavy (non-hydrogen) atoms. The fourth-order valence-corrected chi connectivity index (χ4v) is 12.5. The third-order valence-corrected chi connectivity index (χ3v) is 15.2. The van der Waals surface area contributed by atoms with E-state index in [9.17, 15) is 40.9 Å². The van der Waals surface area contributed by atoms with Crippen LogP contribution in [0.1, 0.15) is 86.0 Å². The van der Waals surface area contributed by atoms with E-state index in [0.29, 0.717) is 32.1 Å². The molecule has 0 radical (unpaired) electrons. The maximum atomic E-state index is 12.7. The van der Waals surface area contributed by atoms with E-state index in [1.54, 1.807) is 0 Å². The van der Waals surface area contributed by atoms with Crippen molar-refractivity contribution in [2.75, 3.05) is 27.4 Å². The monoisotopic (exact) mass is 760 g/mol. The Balaban J connectivity index is 1.14. The first-order valence-electron chi connectivity index (χ1n) is 20.0. The summed E-state index contributed by atoms with van der Waals surface area (Å²) in [6, 6.07) is 0. The molecule has 0 aromatic heterocycles. The number of hydrogen-bond acceptors (Lipinski definition) is 14. The number of rotatable bonds is 12. The predicted octanol–water partition coefficient (Wildman–Crippen LogP) is 0.702. The van der Waals surface area contributed by atoms with Gasteiger partial charge in [0.15, 0.2) is 12.6 Å². The Morgan fingerprint density at radius 2 is 1.49 bits per heavy atom. The van der Waals surface area contributed by atoms with Gasteiger partial charge in [0.25, 0.3) is 0 Å². The van der Waals surface area contributed by atoms with Crippen LogP contribution in [0.2, 0.25) is 0 Å². The van der Waals surface area contributed by atoms with Gasteiger partial charge in [-0.1, -0.05) is 34.6 Å². The van der Waals surface area contributed by atoms with Gasteiger partial charge in [-0.25, -0.2) is 0 Å². The normalized spacial score (nSPS) is 52.5. The van der Waals surface area contributed by atoms with Crippen LogP contribution >= 0.6 is 0 Å². The van der Waals surface area contributed by atoms with E-state index in [2.05, 4.69) is 13.8 Å². The Labute approximate surface area is 314 Å². The lowest BCUT2D eigenvalue weighted by molar-refractivity contribution is -0.313. The molecule has 4 saturated carbocycles. The third-order valence-electron chi connectivity index (χ3n) is 15.2. The molecular formula is C39H68O14. The average molecular weight is 761 g/mol. The molecule has 0 aromatic carbocycles. The Morgan fingerprint density at radius 1 is 0.792 bits per heavy atom. The number of aliphatic hydroxyl groups excluding tert-OH is 7. The third kappa shape index (κ3) is 7.17. The second-order valence-corrected chi connectivity index (χ2v) is 18.3. The molecule has 2 aliphatic heterocycles. The summed E-state index contributed by atoms with van der Waals surface area (Å²) in [4.78, 5) is 0. The Morgan fingerprint density at radius 3 is 2.13 bits per heavy atom. The SMILES string of the molecule is CO[C@H]1[C@H](O[C@H]2[C@H](O[C@@H](CC[C@@H](C)[C@H]3C[C@@H](O)[C@@H]4[C@]3(C)CC[C@@H]3[C@@]5(C)CC[C@H](O)[C@H](O)[C@@H]5[C@@H](O)C[C@]34O)C(C)C)O[C@H](CO)[C@@H]2O)OC[C@@H](OC)[C@@H]1O. The lowest BCUT2D eigenvalue weighted by Gasteiger charge is -2.66. The van der Waals surface area contributed by atoms with Crippen molar-refractivity contribution in [3.63, 3.8) is 0 Å². The largest absolute Gasteiger partial charge is 0.394 e. The molecule has 14 nitrogen and oxygen atoms in total. The molecule has 0 amide bonds. The molecule has 0 aromatic rings. The number of fused-ring (bicyclic) bond motifs is 5. The summed E-state index contributed by atoms with van der Waals surface area (Å²) in [5, 5.41) is 89.2. The van der Waals surface area contributed by atoms with Crippen molar-refractivity contribution in [2.24, 2.45) is 46.3 Å². The van der Waals surface area contributed by atoms with Gasteiger partial charge in [-0.2, -0.15) is 0 Å². The van der Waals surface area contributed by atoms with Crippen LogP contribution in [0.5, 0.6) is 0 Å². The van der Waals surface area contributed by atoms with Gasteiger partial charge in [0.1, 0.15) is 36.6 Å². The molecule has 6 rings (SSSR count). The van der Waals surface area contributed by atoms with E-state index < -0.39 is 103 Å². The van der Waals surface area contributed by atoms with E-state index in [1.807, 2.05) is 20.8 Å². The van der Waals surface area contributed by atoms with Crippen LogP contribution in [0.15, 0.2) is 0 Å². The topological polar surface area (TPSA) is 217 Å². The number of methoxy groups -OCH3 is 2. The van der Waals surface area contributed by atoms with Gasteiger partial charge in [0.05, 0.1) is 49.3 Å². The van der Waals surface area contributed by atoms with Gasteiger partial charge < -0.3 is 69.3 Å². The first-order valence-corrected chi connectivity index (χ1v) is 20.0. The van der Waals surface area contributed by atoms with Crippen molar-refractivity contribution < 1.29 is 69.3 Å².